The molecule has 7 nitrogen and oxygen atoms in total. The number of aliphatic hydroxyl groups excluding tert-OH is 3. The van der Waals surface area contributed by atoms with Crippen LogP contribution >= 0.6 is 0 Å². The quantitative estimate of drug-likeness (QED) is 0.361. The highest BCUT2D eigenvalue weighted by Gasteiger charge is 2.43. The molecule has 0 spiro atoms. The van der Waals surface area contributed by atoms with E-state index in [4.69, 9.17) is 4.74 Å². The molecular formula is C7H13NO6. The van der Waals surface area contributed by atoms with E-state index in [2.05, 4.69) is 0 Å². The van der Waals surface area contributed by atoms with Crippen LogP contribution in [0.5, 0.6) is 0 Å². The molecule has 0 amide bonds. The summed E-state index contributed by atoms with van der Waals surface area (Å²) in [7, 11) is 0. The van der Waals surface area contributed by atoms with E-state index in [1.807, 2.05) is 0 Å². The first-order valence-corrected chi connectivity index (χ1v) is 4.25. The Bertz CT molecular complexity index is 222. The fourth-order valence-electron chi connectivity index (χ4n) is 1.43. The average molecular weight is 207 g/mol. The topological polar surface area (TPSA) is 113 Å². The predicted octanol–water partition coefficient (Wildman–Crippen LogP) is -1.87. The second-order valence-corrected chi connectivity index (χ2v) is 3.37. The molecule has 1 fully saturated rings. The Kier molecular flexibility index (Phi) is 3.38. The minimum absolute atomic E-state index is 0.588. The molecule has 14 heavy (non-hydrogen) atoms. The Morgan fingerprint density at radius 3 is 2.36 bits per heavy atom. The lowest BCUT2D eigenvalue weighted by Crippen LogP contribution is -2.58. The van der Waals surface area contributed by atoms with Crippen molar-refractivity contribution in [1.82, 2.24) is 0 Å². The van der Waals surface area contributed by atoms with Gasteiger partial charge in [-0.15, -0.1) is 0 Å². The van der Waals surface area contributed by atoms with Gasteiger partial charge in [-0.25, -0.2) is 0 Å². The Morgan fingerprint density at radius 1 is 1.29 bits per heavy atom. The molecule has 1 rings (SSSR count). The van der Waals surface area contributed by atoms with E-state index >= 15 is 0 Å². The van der Waals surface area contributed by atoms with Gasteiger partial charge >= 0.3 is 0 Å². The van der Waals surface area contributed by atoms with Gasteiger partial charge in [-0.05, 0) is 6.92 Å². The van der Waals surface area contributed by atoms with Gasteiger partial charge in [-0.1, -0.05) is 0 Å². The van der Waals surface area contributed by atoms with Crippen LogP contribution in [0.3, 0.4) is 0 Å². The zero-order valence-electron chi connectivity index (χ0n) is 7.61. The van der Waals surface area contributed by atoms with Crippen molar-refractivity contribution in [3.63, 3.8) is 0 Å². The third kappa shape index (κ3) is 2.18. The standard InChI is InChI=1S/C7H13NO6/c1-3-5(9)7(11)6(10)4(14-3)2-8(12)13/h3-7,9-11H,2H2,1H3. The van der Waals surface area contributed by atoms with Gasteiger partial charge in [0.2, 0.25) is 6.54 Å². The first-order valence-electron chi connectivity index (χ1n) is 4.25. The summed E-state index contributed by atoms with van der Waals surface area (Å²) in [6, 6.07) is 0. The summed E-state index contributed by atoms with van der Waals surface area (Å²) in [4.78, 5) is 9.54. The van der Waals surface area contributed by atoms with Gasteiger partial charge < -0.3 is 20.1 Å². The third-order valence-corrected chi connectivity index (χ3v) is 2.28. The molecule has 1 saturated heterocycles. The molecule has 0 bridgehead atoms. The second kappa shape index (κ2) is 4.18. The van der Waals surface area contributed by atoms with E-state index in [1.165, 1.54) is 6.92 Å². The summed E-state index contributed by atoms with van der Waals surface area (Å²) in [5.41, 5.74) is 0. The summed E-state index contributed by atoms with van der Waals surface area (Å²) < 4.78 is 4.99. The van der Waals surface area contributed by atoms with Crippen molar-refractivity contribution in [2.24, 2.45) is 0 Å². The van der Waals surface area contributed by atoms with E-state index < -0.39 is 42.0 Å². The normalized spacial score (nSPS) is 43.6. The van der Waals surface area contributed by atoms with Crippen LogP contribution in [0.25, 0.3) is 0 Å². The third-order valence-electron chi connectivity index (χ3n) is 2.28. The molecule has 0 aromatic carbocycles. The molecule has 5 atom stereocenters. The fourth-order valence-corrected chi connectivity index (χ4v) is 1.43. The highest BCUT2D eigenvalue weighted by Crippen LogP contribution is 2.20. The molecule has 0 saturated carbocycles. The van der Waals surface area contributed by atoms with Crippen molar-refractivity contribution in [2.45, 2.75) is 37.4 Å². The number of hydrogen-bond acceptors (Lipinski definition) is 6. The predicted molar refractivity (Wildman–Crippen MR) is 44.2 cm³/mol. The molecule has 7 heteroatoms. The lowest BCUT2D eigenvalue weighted by molar-refractivity contribution is -0.498. The number of rotatable bonds is 2. The minimum Gasteiger partial charge on any atom is -0.388 e. The maximum atomic E-state index is 10.2. The van der Waals surface area contributed by atoms with Crippen LogP contribution in [0.4, 0.5) is 0 Å². The molecule has 0 aromatic heterocycles. The summed E-state index contributed by atoms with van der Waals surface area (Å²) in [6.45, 7) is 0.891. The monoisotopic (exact) mass is 207 g/mol. The van der Waals surface area contributed by atoms with Crippen LogP contribution in [0.1, 0.15) is 6.92 Å². The van der Waals surface area contributed by atoms with Gasteiger partial charge in [0.05, 0.1) is 6.10 Å². The fraction of sp³-hybridized carbons (Fsp3) is 1.00. The number of ether oxygens (including phenoxy) is 1. The van der Waals surface area contributed by atoms with Crippen molar-refractivity contribution in [3.05, 3.63) is 10.1 Å². The smallest absolute Gasteiger partial charge is 0.232 e. The molecular weight excluding hydrogens is 194 g/mol. The van der Waals surface area contributed by atoms with Gasteiger partial charge in [-0.2, -0.15) is 0 Å². The van der Waals surface area contributed by atoms with Crippen molar-refractivity contribution in [3.8, 4) is 0 Å². The molecule has 82 valence electrons. The SMILES string of the molecule is CC1OC(C[N+](=O)[O-])C(O)C(O)C1O. The Balaban J connectivity index is 2.65. The Labute approximate surface area is 80.1 Å². The molecule has 0 aliphatic carbocycles. The van der Waals surface area contributed by atoms with Crippen LogP contribution < -0.4 is 0 Å². The van der Waals surface area contributed by atoms with Crippen LogP contribution in [0.2, 0.25) is 0 Å². The second-order valence-electron chi connectivity index (χ2n) is 3.37. The lowest BCUT2D eigenvalue weighted by atomic mass is 9.96. The van der Waals surface area contributed by atoms with Gasteiger partial charge in [0.15, 0.2) is 6.10 Å². The van der Waals surface area contributed by atoms with E-state index in [9.17, 15) is 25.4 Å². The largest absolute Gasteiger partial charge is 0.388 e. The Morgan fingerprint density at radius 2 is 1.86 bits per heavy atom. The summed E-state index contributed by atoms with van der Waals surface area (Å²) in [5.74, 6) is 0. The molecule has 1 heterocycles. The zero-order chi connectivity index (χ0) is 10.9. The van der Waals surface area contributed by atoms with E-state index in [0.717, 1.165) is 0 Å². The van der Waals surface area contributed by atoms with Crippen molar-refractivity contribution in [1.29, 1.82) is 0 Å². The first kappa shape index (κ1) is 11.3. The van der Waals surface area contributed by atoms with Crippen LogP contribution in [0.15, 0.2) is 0 Å². The van der Waals surface area contributed by atoms with Crippen LogP contribution in [0, 0.1) is 10.1 Å². The molecule has 1 aliphatic heterocycles. The number of hydrogen-bond donors (Lipinski definition) is 3. The van der Waals surface area contributed by atoms with Crippen LogP contribution in [-0.2, 0) is 4.74 Å². The average Bonchev–Trinajstić information content (AvgIpc) is 2.10. The van der Waals surface area contributed by atoms with Crippen molar-refractivity contribution >= 4 is 0 Å². The summed E-state index contributed by atoms with van der Waals surface area (Å²) in [5, 5.41) is 38.1. The van der Waals surface area contributed by atoms with E-state index in [1.54, 1.807) is 0 Å². The molecule has 5 unspecified atom stereocenters. The van der Waals surface area contributed by atoms with Gasteiger partial charge in [0.25, 0.3) is 0 Å². The lowest BCUT2D eigenvalue weighted by Gasteiger charge is -2.37. The number of aliphatic hydroxyl groups is 3. The maximum Gasteiger partial charge on any atom is 0.232 e. The summed E-state index contributed by atoms with van der Waals surface area (Å²) >= 11 is 0. The van der Waals surface area contributed by atoms with Gasteiger partial charge in [-0.3, -0.25) is 10.1 Å². The molecule has 0 radical (unpaired) electrons. The number of nitro groups is 1. The molecule has 0 aromatic rings. The first-order chi connectivity index (χ1) is 6.43. The molecule has 3 N–H and O–H groups in total. The summed E-state index contributed by atoms with van der Waals surface area (Å²) in [6.07, 6.45) is -5.83. The molecule has 1 aliphatic rings. The van der Waals surface area contributed by atoms with E-state index in [0.29, 0.717) is 0 Å². The number of nitrogens with zero attached hydrogens (tertiary/aromatic N) is 1. The van der Waals surface area contributed by atoms with Gasteiger partial charge in [0.1, 0.15) is 18.3 Å². The highest BCUT2D eigenvalue weighted by molar-refractivity contribution is 4.90. The van der Waals surface area contributed by atoms with E-state index in [-0.39, 0.29) is 0 Å². The zero-order valence-corrected chi connectivity index (χ0v) is 7.61. The highest BCUT2D eigenvalue weighted by atomic mass is 16.6. The van der Waals surface area contributed by atoms with Crippen molar-refractivity contribution in [2.75, 3.05) is 6.54 Å². The maximum absolute atomic E-state index is 10.2. The Hall–Kier alpha value is -0.760. The van der Waals surface area contributed by atoms with Crippen LogP contribution in [-0.4, -0.2) is 57.3 Å². The van der Waals surface area contributed by atoms with Crippen molar-refractivity contribution < 1.29 is 25.0 Å². The minimum atomic E-state index is -1.42. The van der Waals surface area contributed by atoms with Gasteiger partial charge in [0, 0.05) is 4.92 Å².